The van der Waals surface area contributed by atoms with E-state index in [-0.39, 0.29) is 0 Å². The summed E-state index contributed by atoms with van der Waals surface area (Å²) in [7, 11) is 0. The molecule has 0 aliphatic heterocycles. The molecule has 0 aliphatic carbocycles. The van der Waals surface area contributed by atoms with Crippen LogP contribution < -0.4 is 4.74 Å². The van der Waals surface area contributed by atoms with Crippen molar-refractivity contribution in [2.75, 3.05) is 6.61 Å². The highest BCUT2D eigenvalue weighted by molar-refractivity contribution is 5.73. The van der Waals surface area contributed by atoms with Crippen LogP contribution in [-0.2, 0) is 4.79 Å². The molecule has 0 unspecified atom stereocenters. The predicted octanol–water partition coefficient (Wildman–Crippen LogP) is 4.38. The molecule has 110 valence electrons. The van der Waals surface area contributed by atoms with Crippen molar-refractivity contribution in [3.8, 4) is 5.75 Å². The number of ether oxygens (including phenoxy) is 1. The van der Waals surface area contributed by atoms with E-state index in [1.54, 1.807) is 13.8 Å². The number of carbonyl (C=O) groups is 1. The standard InChI is InChI=1S/C17H24O3/c1-4-9-14-10-5-6-11-15(14)20-13-8-7-12-17(2,3)16(18)19/h4-6,9-11H,7-8,12-13H2,1-3H3,(H,18,19)/b9-4+. The molecule has 1 aromatic carbocycles. The number of hydrogen-bond acceptors (Lipinski definition) is 2. The molecule has 0 amide bonds. The molecule has 0 radical (unpaired) electrons. The van der Waals surface area contributed by atoms with Crippen LogP contribution in [0, 0.1) is 5.41 Å². The van der Waals surface area contributed by atoms with Crippen molar-refractivity contribution in [3.63, 3.8) is 0 Å². The molecule has 1 N–H and O–H groups in total. The highest BCUT2D eigenvalue weighted by Gasteiger charge is 2.25. The molecule has 0 atom stereocenters. The van der Waals surface area contributed by atoms with Crippen molar-refractivity contribution in [2.45, 2.75) is 40.0 Å². The van der Waals surface area contributed by atoms with Crippen molar-refractivity contribution >= 4 is 12.0 Å². The number of carboxylic acid groups (broad SMARTS) is 1. The summed E-state index contributed by atoms with van der Waals surface area (Å²) in [5.74, 6) is 0.139. The first kappa shape index (κ1) is 16.3. The van der Waals surface area contributed by atoms with E-state index in [9.17, 15) is 4.79 Å². The molecule has 0 saturated heterocycles. The van der Waals surface area contributed by atoms with Gasteiger partial charge in [0.05, 0.1) is 12.0 Å². The van der Waals surface area contributed by atoms with E-state index >= 15 is 0 Å². The highest BCUT2D eigenvalue weighted by atomic mass is 16.5. The maximum Gasteiger partial charge on any atom is 0.309 e. The Kier molecular flexibility index (Phi) is 6.29. The minimum absolute atomic E-state index is 0.615. The number of aliphatic carboxylic acids is 1. The fraction of sp³-hybridized carbons (Fsp3) is 0.471. The Balaban J connectivity index is 2.37. The Morgan fingerprint density at radius 3 is 2.65 bits per heavy atom. The molecule has 1 aromatic rings. The summed E-state index contributed by atoms with van der Waals surface area (Å²) in [6.45, 7) is 6.12. The second kappa shape index (κ2) is 7.73. The van der Waals surface area contributed by atoms with Gasteiger partial charge in [0.15, 0.2) is 0 Å². The van der Waals surface area contributed by atoms with Crippen molar-refractivity contribution in [3.05, 3.63) is 35.9 Å². The van der Waals surface area contributed by atoms with Crippen molar-refractivity contribution in [1.29, 1.82) is 0 Å². The third kappa shape index (κ3) is 5.08. The van der Waals surface area contributed by atoms with Crippen LogP contribution in [-0.4, -0.2) is 17.7 Å². The minimum Gasteiger partial charge on any atom is -0.493 e. The third-order valence-corrected chi connectivity index (χ3v) is 3.30. The monoisotopic (exact) mass is 276 g/mol. The van der Waals surface area contributed by atoms with Gasteiger partial charge in [-0.05, 0) is 46.1 Å². The van der Waals surface area contributed by atoms with Crippen LogP contribution in [0.3, 0.4) is 0 Å². The normalized spacial score (nSPS) is 11.8. The fourth-order valence-corrected chi connectivity index (χ4v) is 1.89. The second-order valence-electron chi connectivity index (χ2n) is 5.53. The van der Waals surface area contributed by atoms with Crippen LogP contribution in [0.1, 0.15) is 45.6 Å². The van der Waals surface area contributed by atoms with Gasteiger partial charge < -0.3 is 9.84 Å². The van der Waals surface area contributed by atoms with E-state index in [4.69, 9.17) is 9.84 Å². The SMILES string of the molecule is C/C=C/c1ccccc1OCCCCC(C)(C)C(=O)O. The van der Waals surface area contributed by atoms with Gasteiger partial charge in [-0.2, -0.15) is 0 Å². The first-order chi connectivity index (χ1) is 9.47. The number of para-hydroxylation sites is 1. The van der Waals surface area contributed by atoms with Crippen molar-refractivity contribution < 1.29 is 14.6 Å². The fourth-order valence-electron chi connectivity index (χ4n) is 1.89. The molecule has 1 rings (SSSR count). The van der Waals surface area contributed by atoms with Crippen LogP contribution in [0.2, 0.25) is 0 Å². The number of unbranched alkanes of at least 4 members (excludes halogenated alkanes) is 1. The molecule has 0 heterocycles. The molecule has 0 aromatic heterocycles. The van der Waals surface area contributed by atoms with Crippen molar-refractivity contribution in [1.82, 2.24) is 0 Å². The van der Waals surface area contributed by atoms with E-state index in [1.165, 1.54) is 0 Å². The van der Waals surface area contributed by atoms with E-state index in [1.807, 2.05) is 43.3 Å². The zero-order chi connectivity index (χ0) is 15.0. The number of carboxylic acids is 1. The predicted molar refractivity (Wildman–Crippen MR) is 81.9 cm³/mol. The average molecular weight is 276 g/mol. The summed E-state index contributed by atoms with van der Waals surface area (Å²) in [4.78, 5) is 11.0. The molecule has 0 spiro atoms. The lowest BCUT2D eigenvalue weighted by atomic mass is 9.87. The quantitative estimate of drug-likeness (QED) is 0.717. The van der Waals surface area contributed by atoms with E-state index < -0.39 is 11.4 Å². The lowest BCUT2D eigenvalue weighted by molar-refractivity contribution is -0.147. The first-order valence-electron chi connectivity index (χ1n) is 7.05. The van der Waals surface area contributed by atoms with Crippen LogP contribution in [0.4, 0.5) is 0 Å². The highest BCUT2D eigenvalue weighted by Crippen LogP contribution is 2.24. The molecule has 0 saturated carbocycles. The summed E-state index contributed by atoms with van der Waals surface area (Å²) < 4.78 is 5.77. The number of allylic oxidation sites excluding steroid dienone is 1. The molecule has 20 heavy (non-hydrogen) atoms. The van der Waals surface area contributed by atoms with Gasteiger partial charge in [-0.1, -0.05) is 30.4 Å². The van der Waals surface area contributed by atoms with Gasteiger partial charge in [0, 0.05) is 5.56 Å². The van der Waals surface area contributed by atoms with Gasteiger partial charge in [0.2, 0.25) is 0 Å². The lowest BCUT2D eigenvalue weighted by Crippen LogP contribution is -2.23. The Morgan fingerprint density at radius 2 is 2.00 bits per heavy atom. The van der Waals surface area contributed by atoms with Gasteiger partial charge >= 0.3 is 5.97 Å². The minimum atomic E-state index is -0.739. The van der Waals surface area contributed by atoms with E-state index in [0.29, 0.717) is 13.0 Å². The van der Waals surface area contributed by atoms with Gasteiger partial charge in [0.1, 0.15) is 5.75 Å². The molecular weight excluding hydrogens is 252 g/mol. The van der Waals surface area contributed by atoms with E-state index in [0.717, 1.165) is 24.2 Å². The zero-order valence-electron chi connectivity index (χ0n) is 12.6. The molecule has 0 fully saturated rings. The molecule has 3 nitrogen and oxygen atoms in total. The average Bonchev–Trinajstić information content (AvgIpc) is 2.40. The van der Waals surface area contributed by atoms with Crippen LogP contribution in [0.25, 0.3) is 6.08 Å². The summed E-state index contributed by atoms with van der Waals surface area (Å²) in [6, 6.07) is 7.91. The summed E-state index contributed by atoms with van der Waals surface area (Å²) in [5.41, 5.74) is 0.420. The van der Waals surface area contributed by atoms with Gasteiger partial charge in [-0.3, -0.25) is 4.79 Å². The van der Waals surface area contributed by atoms with Crippen molar-refractivity contribution in [2.24, 2.45) is 5.41 Å². The molecule has 0 aliphatic rings. The first-order valence-corrected chi connectivity index (χ1v) is 7.05. The number of benzene rings is 1. The third-order valence-electron chi connectivity index (χ3n) is 3.30. The number of hydrogen-bond donors (Lipinski definition) is 1. The number of rotatable bonds is 8. The lowest BCUT2D eigenvalue weighted by Gasteiger charge is -2.18. The summed E-state index contributed by atoms with van der Waals surface area (Å²) in [5, 5.41) is 9.03. The summed E-state index contributed by atoms with van der Waals surface area (Å²) >= 11 is 0. The molecular formula is C17H24O3. The molecule has 3 heteroatoms. The van der Waals surface area contributed by atoms with Crippen LogP contribution in [0.5, 0.6) is 5.75 Å². The van der Waals surface area contributed by atoms with Gasteiger partial charge in [0.25, 0.3) is 0 Å². The van der Waals surface area contributed by atoms with Gasteiger partial charge in [-0.15, -0.1) is 0 Å². The Bertz CT molecular complexity index is 461. The Labute approximate surface area is 121 Å². The summed E-state index contributed by atoms with van der Waals surface area (Å²) in [6.07, 6.45) is 6.38. The topological polar surface area (TPSA) is 46.5 Å². The van der Waals surface area contributed by atoms with E-state index in [2.05, 4.69) is 0 Å². The van der Waals surface area contributed by atoms with Gasteiger partial charge in [-0.25, -0.2) is 0 Å². The maximum atomic E-state index is 11.0. The Morgan fingerprint density at radius 1 is 1.30 bits per heavy atom. The maximum absolute atomic E-state index is 11.0. The smallest absolute Gasteiger partial charge is 0.309 e. The molecule has 0 bridgehead atoms. The van der Waals surface area contributed by atoms with Crippen LogP contribution in [0.15, 0.2) is 30.3 Å². The zero-order valence-corrected chi connectivity index (χ0v) is 12.6. The largest absolute Gasteiger partial charge is 0.493 e. The second-order valence-corrected chi connectivity index (χ2v) is 5.53. The Hall–Kier alpha value is -1.77. The van der Waals surface area contributed by atoms with Crippen LogP contribution >= 0.6 is 0 Å².